The van der Waals surface area contributed by atoms with Crippen LogP contribution in [0.2, 0.25) is 0 Å². The zero-order valence-electron chi connectivity index (χ0n) is 6.60. The van der Waals surface area contributed by atoms with Crippen molar-refractivity contribution in [1.29, 1.82) is 0 Å². The molecule has 0 aliphatic heterocycles. The Labute approximate surface area is 73.2 Å². The van der Waals surface area contributed by atoms with Gasteiger partial charge in [0.15, 0.2) is 5.83 Å². The molecule has 0 aromatic heterocycles. The van der Waals surface area contributed by atoms with E-state index in [9.17, 15) is 35.1 Å². The highest BCUT2D eigenvalue weighted by Gasteiger charge is 2.74. The van der Waals surface area contributed by atoms with E-state index in [0.717, 1.165) is 0 Å². The molecular weight excluding hydrogens is 224 g/mol. The first-order valence-corrected chi connectivity index (χ1v) is 3.13. The molecule has 0 N–H and O–H groups in total. The predicted molar refractivity (Wildman–Crippen MR) is 30.8 cm³/mol. The van der Waals surface area contributed by atoms with Crippen LogP contribution in [0, 0.1) is 0 Å². The van der Waals surface area contributed by atoms with Gasteiger partial charge < -0.3 is 0 Å². The summed E-state index contributed by atoms with van der Waals surface area (Å²) in [6.45, 7) is 0.579. The molecule has 0 amide bonds. The van der Waals surface area contributed by atoms with E-state index in [1.165, 1.54) is 0 Å². The normalized spacial score (nSPS) is 15.9. The van der Waals surface area contributed by atoms with Crippen LogP contribution in [0.15, 0.2) is 11.9 Å². The Morgan fingerprint density at radius 2 is 1.29 bits per heavy atom. The fraction of sp³-hybridized carbons (Fsp3) is 0.667. The summed E-state index contributed by atoms with van der Waals surface area (Å²) in [4.78, 5) is 0. The van der Waals surface area contributed by atoms with Gasteiger partial charge in [0.2, 0.25) is 0 Å². The maximum atomic E-state index is 12.2. The van der Waals surface area contributed by atoms with E-state index in [1.807, 2.05) is 0 Å². The highest BCUT2D eigenvalue weighted by atomic mass is 19.4. The molecule has 0 bridgehead atoms. The molecule has 0 unspecified atom stereocenters. The largest absolute Gasteiger partial charge is 0.460 e. The van der Waals surface area contributed by atoms with Gasteiger partial charge >= 0.3 is 18.0 Å². The first kappa shape index (κ1) is 13.2. The smallest absolute Gasteiger partial charge is 0.205 e. The molecule has 0 aliphatic carbocycles. The van der Waals surface area contributed by atoms with Crippen LogP contribution in [-0.2, 0) is 0 Å². The highest BCUT2D eigenvalue weighted by molar-refractivity contribution is 5.11. The third-order valence-electron chi connectivity index (χ3n) is 1.30. The van der Waals surface area contributed by atoms with E-state index in [0.29, 0.717) is 6.92 Å². The van der Waals surface area contributed by atoms with Gasteiger partial charge in [-0.2, -0.15) is 30.7 Å². The molecule has 0 atom stereocenters. The lowest BCUT2D eigenvalue weighted by Gasteiger charge is -2.26. The van der Waals surface area contributed by atoms with Crippen molar-refractivity contribution in [1.82, 2.24) is 0 Å². The second-order valence-corrected chi connectivity index (χ2v) is 2.28. The zero-order chi connectivity index (χ0) is 11.8. The van der Waals surface area contributed by atoms with E-state index in [4.69, 9.17) is 0 Å². The molecule has 0 aromatic rings. The Hall–Kier alpha value is -0.820. The van der Waals surface area contributed by atoms with Crippen molar-refractivity contribution in [2.75, 3.05) is 0 Å². The van der Waals surface area contributed by atoms with Crippen LogP contribution in [0.5, 0.6) is 0 Å². The molecule has 8 heteroatoms. The van der Waals surface area contributed by atoms with Crippen molar-refractivity contribution in [3.05, 3.63) is 11.9 Å². The Morgan fingerprint density at radius 3 is 1.50 bits per heavy atom. The van der Waals surface area contributed by atoms with E-state index in [1.54, 1.807) is 0 Å². The van der Waals surface area contributed by atoms with Gasteiger partial charge in [0.25, 0.3) is 0 Å². The summed E-state index contributed by atoms with van der Waals surface area (Å²) in [5.41, 5.74) is 0. The van der Waals surface area contributed by atoms with Crippen LogP contribution in [0.1, 0.15) is 6.92 Å². The van der Waals surface area contributed by atoms with Gasteiger partial charge in [0, 0.05) is 0 Å². The number of alkyl halides is 7. The maximum Gasteiger partial charge on any atom is 0.460 e. The number of halogens is 8. The van der Waals surface area contributed by atoms with Crippen LogP contribution in [0.4, 0.5) is 35.1 Å². The summed E-state index contributed by atoms with van der Waals surface area (Å²) in [5, 5.41) is 0. The first-order chi connectivity index (χ1) is 5.98. The van der Waals surface area contributed by atoms with Gasteiger partial charge in [-0.15, -0.1) is 0 Å². The van der Waals surface area contributed by atoms with Crippen molar-refractivity contribution in [3.8, 4) is 0 Å². The van der Waals surface area contributed by atoms with Crippen LogP contribution in [0.3, 0.4) is 0 Å². The third-order valence-corrected chi connectivity index (χ3v) is 1.30. The Bertz CT molecular complexity index is 235. The molecule has 0 spiro atoms. The molecular formula is C6H4F8. The summed E-state index contributed by atoms with van der Waals surface area (Å²) in [6, 6.07) is 0. The molecule has 14 heavy (non-hydrogen) atoms. The molecule has 0 fully saturated rings. The predicted octanol–water partition coefficient (Wildman–Crippen LogP) is 3.69. The minimum atomic E-state index is -6.50. The minimum Gasteiger partial charge on any atom is -0.205 e. The molecule has 0 saturated heterocycles. The van der Waals surface area contributed by atoms with Gasteiger partial charge in [-0.3, -0.25) is 0 Å². The Kier molecular flexibility index (Phi) is 3.19. The maximum absolute atomic E-state index is 12.2. The minimum absolute atomic E-state index is 0.153. The topological polar surface area (TPSA) is 0 Å². The fourth-order valence-corrected chi connectivity index (χ4v) is 0.509. The average Bonchev–Trinajstić information content (AvgIpc) is 2.00. The molecule has 0 aromatic carbocycles. The van der Waals surface area contributed by atoms with Crippen molar-refractivity contribution in [3.63, 3.8) is 0 Å². The second-order valence-electron chi connectivity index (χ2n) is 2.28. The molecule has 0 nitrogen and oxygen atoms in total. The average molecular weight is 228 g/mol. The summed E-state index contributed by atoms with van der Waals surface area (Å²) >= 11 is 0. The molecule has 0 radical (unpaired) electrons. The molecule has 0 aliphatic rings. The van der Waals surface area contributed by atoms with E-state index < -0.39 is 23.8 Å². The van der Waals surface area contributed by atoms with Gasteiger partial charge in [-0.05, 0) is 13.0 Å². The first-order valence-electron chi connectivity index (χ1n) is 3.13. The lowest BCUT2D eigenvalue weighted by atomic mass is 10.1. The van der Waals surface area contributed by atoms with Crippen molar-refractivity contribution >= 4 is 0 Å². The van der Waals surface area contributed by atoms with Crippen molar-refractivity contribution in [2.24, 2.45) is 0 Å². The van der Waals surface area contributed by atoms with Crippen LogP contribution >= 0.6 is 0 Å². The summed E-state index contributed by atoms with van der Waals surface area (Å²) < 4.78 is 94.6. The molecule has 0 saturated carbocycles. The monoisotopic (exact) mass is 228 g/mol. The van der Waals surface area contributed by atoms with Crippen molar-refractivity contribution < 1.29 is 35.1 Å². The van der Waals surface area contributed by atoms with E-state index in [2.05, 4.69) is 0 Å². The summed E-state index contributed by atoms with van der Waals surface area (Å²) in [7, 11) is 0. The van der Waals surface area contributed by atoms with Gasteiger partial charge in [0.1, 0.15) is 0 Å². The highest BCUT2D eigenvalue weighted by Crippen LogP contribution is 2.49. The zero-order valence-corrected chi connectivity index (χ0v) is 6.60. The molecule has 0 rings (SSSR count). The number of hydrogen-bond acceptors (Lipinski definition) is 0. The lowest BCUT2D eigenvalue weighted by Crippen LogP contribution is -2.52. The van der Waals surface area contributed by atoms with Crippen LogP contribution in [-0.4, -0.2) is 18.0 Å². The molecule has 84 valence electrons. The van der Waals surface area contributed by atoms with Crippen molar-refractivity contribution in [2.45, 2.75) is 24.9 Å². The number of hydrogen-bond donors (Lipinski definition) is 0. The fourth-order valence-electron chi connectivity index (χ4n) is 0.509. The quantitative estimate of drug-likeness (QED) is 0.632. The number of allylic oxidation sites excluding steroid dienone is 2. The van der Waals surface area contributed by atoms with Gasteiger partial charge in [-0.25, -0.2) is 4.39 Å². The van der Waals surface area contributed by atoms with Crippen LogP contribution < -0.4 is 0 Å². The van der Waals surface area contributed by atoms with E-state index >= 15 is 0 Å². The third kappa shape index (κ3) is 1.83. The molecule has 0 heterocycles. The number of rotatable bonds is 2. The van der Waals surface area contributed by atoms with E-state index in [-0.39, 0.29) is 6.08 Å². The van der Waals surface area contributed by atoms with Gasteiger partial charge in [0.05, 0.1) is 0 Å². The Balaban J connectivity index is 5.29. The lowest BCUT2D eigenvalue weighted by molar-refractivity contribution is -0.347. The SMILES string of the molecule is CC=C(F)C(F)(F)C(F)(F)C(F)(F)F. The van der Waals surface area contributed by atoms with Crippen LogP contribution in [0.25, 0.3) is 0 Å². The standard InChI is InChI=1S/C6H4F8/c1-2-3(7)4(8,9)5(10,11)6(12,13)14/h2H,1H3. The second kappa shape index (κ2) is 3.39. The van der Waals surface area contributed by atoms with Gasteiger partial charge in [-0.1, -0.05) is 0 Å². The summed E-state index contributed by atoms with van der Waals surface area (Å²) in [5.74, 6) is -15.1. The summed E-state index contributed by atoms with van der Waals surface area (Å²) in [6.07, 6.45) is -6.66. The Morgan fingerprint density at radius 1 is 0.929 bits per heavy atom.